The standard InChI is InChI=1S/C30H40O4/c1-9-33-29(31)27(7)21-25(5)19-13-17-23(3)15-11-12-16-24(4)18-14-20-26(6)22-28(8)30(32)34-10-2/h11-22H,9-10H2,1-8H3/b12-11+,17-13+,18-14+,23-15+,24-16+,25-19+,26-20+,27-21+,28-22+. The molecule has 0 aliphatic heterocycles. The van der Waals surface area contributed by atoms with Gasteiger partial charge in [-0.15, -0.1) is 0 Å². The molecule has 0 aliphatic carbocycles. The fourth-order valence-electron chi connectivity index (χ4n) is 2.62. The first-order valence-corrected chi connectivity index (χ1v) is 11.5. The van der Waals surface area contributed by atoms with Crippen LogP contribution >= 0.6 is 0 Å². The zero-order chi connectivity index (χ0) is 25.9. The second-order valence-corrected chi connectivity index (χ2v) is 7.84. The Morgan fingerprint density at radius 2 is 0.853 bits per heavy atom. The molecule has 0 heterocycles. The summed E-state index contributed by atoms with van der Waals surface area (Å²) >= 11 is 0. The van der Waals surface area contributed by atoms with Gasteiger partial charge in [-0.05, 0) is 67.5 Å². The third kappa shape index (κ3) is 15.4. The van der Waals surface area contributed by atoms with Crippen molar-refractivity contribution >= 4 is 11.9 Å². The number of allylic oxidation sites excluding steroid dienone is 16. The summed E-state index contributed by atoms with van der Waals surface area (Å²) in [6, 6.07) is 0. The molecule has 0 fully saturated rings. The highest BCUT2D eigenvalue weighted by Gasteiger charge is 2.04. The molecule has 0 unspecified atom stereocenters. The monoisotopic (exact) mass is 464 g/mol. The van der Waals surface area contributed by atoms with Gasteiger partial charge in [0.05, 0.1) is 13.2 Å². The molecule has 0 saturated heterocycles. The molecule has 0 rings (SSSR count). The highest BCUT2D eigenvalue weighted by atomic mass is 16.5. The topological polar surface area (TPSA) is 52.6 Å². The Hall–Kier alpha value is -3.40. The van der Waals surface area contributed by atoms with Gasteiger partial charge in [0, 0.05) is 11.1 Å². The lowest BCUT2D eigenvalue weighted by molar-refractivity contribution is -0.139. The van der Waals surface area contributed by atoms with Gasteiger partial charge in [-0.3, -0.25) is 0 Å². The molecule has 0 aromatic carbocycles. The van der Waals surface area contributed by atoms with E-state index < -0.39 is 0 Å². The molecule has 4 nitrogen and oxygen atoms in total. The van der Waals surface area contributed by atoms with Crippen molar-refractivity contribution < 1.29 is 19.1 Å². The first kappa shape index (κ1) is 30.6. The van der Waals surface area contributed by atoms with E-state index in [-0.39, 0.29) is 11.9 Å². The van der Waals surface area contributed by atoms with Crippen molar-refractivity contribution in [3.63, 3.8) is 0 Å². The third-order valence-corrected chi connectivity index (χ3v) is 4.35. The number of ether oxygens (including phenoxy) is 2. The molecule has 34 heavy (non-hydrogen) atoms. The van der Waals surface area contributed by atoms with Crippen LogP contribution in [0.3, 0.4) is 0 Å². The van der Waals surface area contributed by atoms with Gasteiger partial charge in [0.25, 0.3) is 0 Å². The summed E-state index contributed by atoms with van der Waals surface area (Å²) in [6.45, 7) is 15.8. The average Bonchev–Trinajstić information content (AvgIpc) is 2.76. The molecule has 4 heteroatoms. The summed E-state index contributed by atoms with van der Waals surface area (Å²) in [7, 11) is 0. The Bertz CT molecular complexity index is 880. The molecule has 0 atom stereocenters. The Morgan fingerprint density at radius 1 is 0.529 bits per heavy atom. The maximum atomic E-state index is 11.6. The SMILES string of the molecule is CCOC(=O)/C(C)=C/C(C)=C/C=C/C(C)=C/C=C/C=C(C)/C=C/C=C(C)/C=C(\C)C(=O)OCC. The van der Waals surface area contributed by atoms with Crippen LogP contribution in [0.1, 0.15) is 55.4 Å². The van der Waals surface area contributed by atoms with Gasteiger partial charge in [-0.25, -0.2) is 9.59 Å². The Kier molecular flexibility index (Phi) is 16.3. The van der Waals surface area contributed by atoms with Gasteiger partial charge in [0.1, 0.15) is 0 Å². The van der Waals surface area contributed by atoms with Crippen molar-refractivity contribution in [3.05, 3.63) is 106 Å². The van der Waals surface area contributed by atoms with Crippen LogP contribution in [0.4, 0.5) is 0 Å². The molecule has 0 amide bonds. The minimum Gasteiger partial charge on any atom is -0.463 e. The zero-order valence-electron chi connectivity index (χ0n) is 22.0. The minimum atomic E-state index is -0.286. The van der Waals surface area contributed by atoms with E-state index in [2.05, 4.69) is 0 Å². The summed E-state index contributed by atoms with van der Waals surface area (Å²) < 4.78 is 9.96. The summed E-state index contributed by atoms with van der Waals surface area (Å²) in [6.07, 6.45) is 23.5. The molecule has 184 valence electrons. The number of carbonyl (C=O) groups is 2. The predicted octanol–water partition coefficient (Wildman–Crippen LogP) is 7.46. The number of hydrogen-bond acceptors (Lipinski definition) is 4. The average molecular weight is 465 g/mol. The largest absolute Gasteiger partial charge is 0.463 e. The van der Waals surface area contributed by atoms with E-state index in [4.69, 9.17) is 9.47 Å². The van der Waals surface area contributed by atoms with Crippen LogP contribution in [0.5, 0.6) is 0 Å². The molecular weight excluding hydrogens is 424 g/mol. The van der Waals surface area contributed by atoms with Crippen molar-refractivity contribution in [2.45, 2.75) is 55.4 Å². The molecule has 0 bridgehead atoms. The van der Waals surface area contributed by atoms with Crippen molar-refractivity contribution in [2.24, 2.45) is 0 Å². The fourth-order valence-corrected chi connectivity index (χ4v) is 2.62. The van der Waals surface area contributed by atoms with Crippen molar-refractivity contribution in [1.29, 1.82) is 0 Å². The lowest BCUT2D eigenvalue weighted by atomic mass is 10.1. The molecule has 0 aliphatic rings. The number of carbonyl (C=O) groups excluding carboxylic acids is 2. The van der Waals surface area contributed by atoms with Crippen LogP contribution in [-0.4, -0.2) is 25.2 Å². The Morgan fingerprint density at radius 3 is 1.18 bits per heavy atom. The molecule has 0 N–H and O–H groups in total. The summed E-state index contributed by atoms with van der Waals surface area (Å²) in [4.78, 5) is 23.3. The van der Waals surface area contributed by atoms with Crippen molar-refractivity contribution in [1.82, 2.24) is 0 Å². The third-order valence-electron chi connectivity index (χ3n) is 4.35. The van der Waals surface area contributed by atoms with E-state index >= 15 is 0 Å². The van der Waals surface area contributed by atoms with Gasteiger partial charge in [-0.2, -0.15) is 0 Å². The lowest BCUT2D eigenvalue weighted by Gasteiger charge is -2.01. The van der Waals surface area contributed by atoms with Crippen LogP contribution in [-0.2, 0) is 19.1 Å². The van der Waals surface area contributed by atoms with E-state index in [0.717, 1.165) is 22.3 Å². The summed E-state index contributed by atoms with van der Waals surface area (Å²) in [5, 5.41) is 0. The van der Waals surface area contributed by atoms with Gasteiger partial charge in [0.15, 0.2) is 0 Å². The molecule has 0 aromatic rings. The molecule has 0 spiro atoms. The summed E-state index contributed by atoms with van der Waals surface area (Å²) in [5.41, 5.74) is 5.34. The second-order valence-electron chi connectivity index (χ2n) is 7.84. The van der Waals surface area contributed by atoms with Crippen LogP contribution in [0.25, 0.3) is 0 Å². The van der Waals surface area contributed by atoms with Gasteiger partial charge < -0.3 is 9.47 Å². The first-order valence-electron chi connectivity index (χ1n) is 11.5. The van der Waals surface area contributed by atoms with Crippen LogP contribution < -0.4 is 0 Å². The molecule has 0 saturated carbocycles. The zero-order valence-corrected chi connectivity index (χ0v) is 22.0. The highest BCUT2D eigenvalue weighted by molar-refractivity contribution is 5.88. The smallest absolute Gasteiger partial charge is 0.333 e. The fraction of sp³-hybridized carbons (Fsp3) is 0.333. The number of rotatable bonds is 12. The van der Waals surface area contributed by atoms with E-state index in [1.807, 2.05) is 101 Å². The van der Waals surface area contributed by atoms with Crippen LogP contribution in [0.2, 0.25) is 0 Å². The Balaban J connectivity index is 4.87. The number of hydrogen-bond donors (Lipinski definition) is 0. The van der Waals surface area contributed by atoms with E-state index in [1.165, 1.54) is 0 Å². The van der Waals surface area contributed by atoms with E-state index in [9.17, 15) is 9.59 Å². The van der Waals surface area contributed by atoms with Crippen LogP contribution in [0.15, 0.2) is 106 Å². The maximum absolute atomic E-state index is 11.6. The highest BCUT2D eigenvalue weighted by Crippen LogP contribution is 2.07. The minimum absolute atomic E-state index is 0.286. The van der Waals surface area contributed by atoms with E-state index in [0.29, 0.717) is 24.4 Å². The van der Waals surface area contributed by atoms with Gasteiger partial charge in [0.2, 0.25) is 0 Å². The van der Waals surface area contributed by atoms with Crippen molar-refractivity contribution in [2.75, 3.05) is 13.2 Å². The number of esters is 2. The normalized spacial score (nSPS) is 15.1. The summed E-state index contributed by atoms with van der Waals surface area (Å²) in [5.74, 6) is -0.573. The quantitative estimate of drug-likeness (QED) is 0.171. The Labute approximate surface area is 206 Å². The van der Waals surface area contributed by atoms with Crippen molar-refractivity contribution in [3.8, 4) is 0 Å². The second kappa shape index (κ2) is 18.1. The maximum Gasteiger partial charge on any atom is 0.333 e. The van der Waals surface area contributed by atoms with Gasteiger partial charge >= 0.3 is 11.9 Å². The van der Waals surface area contributed by atoms with Crippen LogP contribution in [0, 0.1) is 0 Å². The van der Waals surface area contributed by atoms with Gasteiger partial charge in [-0.1, -0.05) is 83.1 Å². The first-order chi connectivity index (χ1) is 16.1. The molecule has 0 radical (unpaired) electrons. The lowest BCUT2D eigenvalue weighted by Crippen LogP contribution is -2.04. The predicted molar refractivity (Wildman–Crippen MR) is 143 cm³/mol. The molecular formula is C30H40O4. The molecule has 0 aromatic heterocycles. The van der Waals surface area contributed by atoms with E-state index in [1.54, 1.807) is 27.7 Å².